The number of aromatic nitrogens is 2. The fraction of sp³-hybridized carbons (Fsp3) is 0.147. The Hall–Kier alpha value is -4.20. The molecule has 6 rings (SSSR count). The summed E-state index contributed by atoms with van der Waals surface area (Å²) in [7, 11) is 0. The van der Waals surface area contributed by atoms with Crippen molar-refractivity contribution in [2.45, 2.75) is 20.5 Å². The molecule has 0 bridgehead atoms. The smallest absolute Gasteiger partial charge is 0.266 e. The quantitative estimate of drug-likeness (QED) is 0.138. The number of rotatable bonds is 8. The number of benzene rings is 4. The summed E-state index contributed by atoms with van der Waals surface area (Å²) in [5.74, 6) is 1.05. The summed E-state index contributed by atoms with van der Waals surface area (Å²) in [6.07, 6.45) is 3.87. The van der Waals surface area contributed by atoms with E-state index in [9.17, 15) is 4.79 Å². The first-order valence-electron chi connectivity index (χ1n) is 13.6. The Morgan fingerprint density at radius 1 is 0.927 bits per heavy atom. The maximum absolute atomic E-state index is 13.2. The Morgan fingerprint density at radius 3 is 2.44 bits per heavy atom. The van der Waals surface area contributed by atoms with Crippen molar-refractivity contribution in [1.82, 2.24) is 14.7 Å². The fourth-order valence-corrected chi connectivity index (χ4v) is 6.15. The Labute approximate surface area is 249 Å². The SMILES string of the molecule is CC(C)CN1C(=O)C(=Cc2cn(-c3ccccc3)nc2-c2ccc(OCc3cccc4ccccc34)cc2)SC1=S. The highest BCUT2D eigenvalue weighted by atomic mass is 32.2. The molecule has 1 aliphatic heterocycles. The second-order valence-corrected chi connectivity index (χ2v) is 12.0. The first kappa shape index (κ1) is 27.0. The molecule has 5 aromatic rings. The van der Waals surface area contributed by atoms with Gasteiger partial charge in [0.2, 0.25) is 0 Å². The van der Waals surface area contributed by atoms with Gasteiger partial charge in [-0.15, -0.1) is 0 Å². The Morgan fingerprint density at radius 2 is 1.66 bits per heavy atom. The van der Waals surface area contributed by atoms with Crippen LogP contribution < -0.4 is 4.74 Å². The van der Waals surface area contributed by atoms with Crippen molar-refractivity contribution < 1.29 is 9.53 Å². The van der Waals surface area contributed by atoms with E-state index in [1.807, 2.05) is 77.6 Å². The standard InChI is InChI=1S/C34H29N3O2S2/c1-23(2)20-36-33(38)31(41-34(36)40)19-27-21-37(28-12-4-3-5-13-28)35-32(27)25-15-17-29(18-16-25)39-22-26-11-8-10-24-9-6-7-14-30(24)26/h3-19,21,23H,20,22H2,1-2H3. The second kappa shape index (κ2) is 11.7. The molecular formula is C34H29N3O2S2. The third kappa shape index (κ3) is 5.82. The van der Waals surface area contributed by atoms with E-state index in [1.165, 1.54) is 22.5 Å². The number of para-hydroxylation sites is 1. The van der Waals surface area contributed by atoms with Crippen LogP contribution in [0.15, 0.2) is 108 Å². The topological polar surface area (TPSA) is 47.4 Å². The van der Waals surface area contributed by atoms with Crippen LogP contribution in [0.4, 0.5) is 0 Å². The molecule has 1 saturated heterocycles. The molecule has 204 valence electrons. The van der Waals surface area contributed by atoms with E-state index in [2.05, 4.69) is 50.2 Å². The van der Waals surface area contributed by atoms with Gasteiger partial charge in [-0.05, 0) is 64.7 Å². The van der Waals surface area contributed by atoms with Gasteiger partial charge in [-0.2, -0.15) is 5.10 Å². The summed E-state index contributed by atoms with van der Waals surface area (Å²) in [4.78, 5) is 15.5. The van der Waals surface area contributed by atoms with E-state index in [-0.39, 0.29) is 5.91 Å². The highest BCUT2D eigenvalue weighted by Crippen LogP contribution is 2.35. The summed E-state index contributed by atoms with van der Waals surface area (Å²) >= 11 is 6.88. The van der Waals surface area contributed by atoms with Gasteiger partial charge in [-0.3, -0.25) is 9.69 Å². The minimum absolute atomic E-state index is 0.0516. The van der Waals surface area contributed by atoms with Crippen molar-refractivity contribution in [3.8, 4) is 22.7 Å². The highest BCUT2D eigenvalue weighted by Gasteiger charge is 2.32. The zero-order valence-corrected chi connectivity index (χ0v) is 24.5. The highest BCUT2D eigenvalue weighted by molar-refractivity contribution is 8.26. The number of ether oxygens (including phenoxy) is 1. The Kier molecular flexibility index (Phi) is 7.72. The van der Waals surface area contributed by atoms with Crippen LogP contribution in [-0.4, -0.2) is 31.5 Å². The van der Waals surface area contributed by atoms with Crippen molar-refractivity contribution in [3.05, 3.63) is 119 Å². The molecule has 2 heterocycles. The van der Waals surface area contributed by atoms with Crippen LogP contribution in [0.1, 0.15) is 25.0 Å². The van der Waals surface area contributed by atoms with Crippen LogP contribution >= 0.6 is 24.0 Å². The molecule has 5 nitrogen and oxygen atoms in total. The largest absolute Gasteiger partial charge is 0.489 e. The Balaban J connectivity index is 1.29. The summed E-state index contributed by atoms with van der Waals surface area (Å²) in [5.41, 5.74) is 4.65. The van der Waals surface area contributed by atoms with E-state index in [0.29, 0.717) is 28.3 Å². The predicted molar refractivity (Wildman–Crippen MR) is 172 cm³/mol. The van der Waals surface area contributed by atoms with E-state index < -0.39 is 0 Å². The van der Waals surface area contributed by atoms with Crippen molar-refractivity contribution in [2.75, 3.05) is 6.54 Å². The number of fused-ring (bicyclic) bond motifs is 1. The van der Waals surface area contributed by atoms with Gasteiger partial charge in [0, 0.05) is 23.9 Å². The molecular weight excluding hydrogens is 547 g/mol. The molecule has 0 unspecified atom stereocenters. The second-order valence-electron chi connectivity index (χ2n) is 10.4. The minimum Gasteiger partial charge on any atom is -0.489 e. The average Bonchev–Trinajstić information content (AvgIpc) is 3.53. The van der Waals surface area contributed by atoms with Gasteiger partial charge in [0.05, 0.1) is 16.3 Å². The molecule has 0 spiro atoms. The molecule has 0 N–H and O–H groups in total. The zero-order valence-electron chi connectivity index (χ0n) is 22.9. The molecule has 7 heteroatoms. The molecule has 1 fully saturated rings. The molecule has 1 amide bonds. The third-order valence-electron chi connectivity index (χ3n) is 6.87. The monoisotopic (exact) mass is 575 g/mol. The van der Waals surface area contributed by atoms with Gasteiger partial charge in [0.1, 0.15) is 16.7 Å². The summed E-state index contributed by atoms with van der Waals surface area (Å²) in [5, 5.41) is 7.32. The number of thiocarbonyl (C=S) groups is 1. The van der Waals surface area contributed by atoms with Gasteiger partial charge in [0.25, 0.3) is 5.91 Å². The van der Waals surface area contributed by atoms with E-state index in [1.54, 1.807) is 4.90 Å². The molecule has 0 radical (unpaired) electrons. The van der Waals surface area contributed by atoms with Gasteiger partial charge in [-0.25, -0.2) is 4.68 Å². The average molecular weight is 576 g/mol. The van der Waals surface area contributed by atoms with Crippen LogP contribution in [0.3, 0.4) is 0 Å². The Bertz CT molecular complexity index is 1750. The lowest BCUT2D eigenvalue weighted by Gasteiger charge is -2.16. The molecule has 0 aliphatic carbocycles. The third-order valence-corrected chi connectivity index (χ3v) is 8.25. The number of thioether (sulfide) groups is 1. The summed E-state index contributed by atoms with van der Waals surface area (Å²) in [6.45, 7) is 5.25. The minimum atomic E-state index is -0.0516. The van der Waals surface area contributed by atoms with Crippen molar-refractivity contribution in [2.24, 2.45) is 5.92 Å². The lowest BCUT2D eigenvalue weighted by molar-refractivity contribution is -0.122. The van der Waals surface area contributed by atoms with E-state index >= 15 is 0 Å². The maximum Gasteiger partial charge on any atom is 0.266 e. The van der Waals surface area contributed by atoms with E-state index in [4.69, 9.17) is 22.1 Å². The van der Waals surface area contributed by atoms with Crippen LogP contribution in [0.5, 0.6) is 5.75 Å². The first-order chi connectivity index (χ1) is 20.0. The predicted octanol–water partition coefficient (Wildman–Crippen LogP) is 8.13. The number of carbonyl (C=O) groups is 1. The zero-order chi connectivity index (χ0) is 28.3. The fourth-order valence-electron chi connectivity index (χ4n) is 4.88. The molecule has 1 aromatic heterocycles. The van der Waals surface area contributed by atoms with Gasteiger partial charge in [-0.1, -0.05) is 98.5 Å². The van der Waals surface area contributed by atoms with Crippen molar-refractivity contribution in [3.63, 3.8) is 0 Å². The molecule has 0 saturated carbocycles. The summed E-state index contributed by atoms with van der Waals surface area (Å²) < 4.78 is 8.61. The molecule has 41 heavy (non-hydrogen) atoms. The van der Waals surface area contributed by atoms with Gasteiger partial charge < -0.3 is 4.74 Å². The van der Waals surface area contributed by atoms with Crippen LogP contribution in [-0.2, 0) is 11.4 Å². The number of nitrogens with zero attached hydrogens (tertiary/aromatic N) is 3. The first-order valence-corrected chi connectivity index (χ1v) is 14.8. The molecule has 0 atom stereocenters. The number of carbonyl (C=O) groups excluding carboxylic acids is 1. The number of hydrogen-bond acceptors (Lipinski definition) is 5. The normalized spacial score (nSPS) is 14.5. The number of hydrogen-bond donors (Lipinski definition) is 0. The van der Waals surface area contributed by atoms with Crippen LogP contribution in [0.25, 0.3) is 33.8 Å². The molecule has 1 aliphatic rings. The number of amides is 1. The van der Waals surface area contributed by atoms with Gasteiger partial charge in [0.15, 0.2) is 0 Å². The van der Waals surface area contributed by atoms with Gasteiger partial charge >= 0.3 is 0 Å². The van der Waals surface area contributed by atoms with E-state index in [0.717, 1.165) is 33.8 Å². The lowest BCUT2D eigenvalue weighted by atomic mass is 10.1. The van der Waals surface area contributed by atoms with Crippen LogP contribution in [0, 0.1) is 5.92 Å². The van der Waals surface area contributed by atoms with Crippen molar-refractivity contribution >= 4 is 51.1 Å². The van der Waals surface area contributed by atoms with Crippen LogP contribution in [0.2, 0.25) is 0 Å². The molecule has 4 aromatic carbocycles. The van der Waals surface area contributed by atoms with Crippen molar-refractivity contribution in [1.29, 1.82) is 0 Å². The lowest BCUT2D eigenvalue weighted by Crippen LogP contribution is -2.31. The maximum atomic E-state index is 13.2. The summed E-state index contributed by atoms with van der Waals surface area (Å²) in [6, 6.07) is 32.5.